The van der Waals surface area contributed by atoms with Crippen molar-refractivity contribution in [1.29, 1.82) is 0 Å². The second-order valence-corrected chi connectivity index (χ2v) is 7.39. The highest BCUT2D eigenvalue weighted by atomic mass is 16.5. The van der Waals surface area contributed by atoms with Crippen molar-refractivity contribution < 1.29 is 19.4 Å². The summed E-state index contributed by atoms with van der Waals surface area (Å²) in [6.45, 7) is 1.03. The zero-order valence-electron chi connectivity index (χ0n) is 13.2. The summed E-state index contributed by atoms with van der Waals surface area (Å²) in [6, 6.07) is 6.23. The van der Waals surface area contributed by atoms with Crippen LogP contribution in [0.4, 0.5) is 0 Å². The molecular weight excluding hydrogens is 294 g/mol. The molecule has 5 heteroatoms. The molecule has 122 valence electrons. The lowest BCUT2D eigenvalue weighted by atomic mass is 9.43. The van der Waals surface area contributed by atoms with Crippen molar-refractivity contribution in [2.24, 2.45) is 5.41 Å². The molecule has 0 aromatic heterocycles. The van der Waals surface area contributed by atoms with Crippen LogP contribution in [0.25, 0.3) is 0 Å². The average molecular weight is 315 g/mol. The summed E-state index contributed by atoms with van der Waals surface area (Å²) < 4.78 is 11.8. The number of aliphatic hydroxyl groups is 1. The number of hydrogen-bond donors (Lipinski definition) is 2. The maximum absolute atomic E-state index is 12.7. The van der Waals surface area contributed by atoms with Crippen molar-refractivity contribution >= 4 is 5.78 Å². The normalized spacial score (nSPS) is 43.0. The summed E-state index contributed by atoms with van der Waals surface area (Å²) in [6.07, 6.45) is 0.894. The first-order valence-electron chi connectivity index (χ1n) is 8.37. The predicted molar refractivity (Wildman–Crippen MR) is 82.6 cm³/mol. The Labute approximate surface area is 135 Å². The number of nitrogens with one attached hydrogen (secondary N) is 1. The molecule has 4 aliphatic rings. The number of Topliss-reactive ketones (excluding diaryl/α,β-unsaturated/α-hetero) is 1. The Morgan fingerprint density at radius 2 is 2.35 bits per heavy atom. The van der Waals surface area contributed by atoms with E-state index in [1.165, 1.54) is 5.56 Å². The molecule has 23 heavy (non-hydrogen) atoms. The standard InChI is InChI=1S/C18H21NO4/c1-22-9-17-6-5-11(20)16-18(17)14(21)8-19-13(17)7-10-3-2-4-12(23-16)15(10)18/h2-4,13-14,16,19,21H,5-9H2,1H3/t13-,14?,16+,17-,18+/m1/s1. The van der Waals surface area contributed by atoms with Gasteiger partial charge < -0.3 is 19.9 Å². The number of ether oxygens (including phenoxy) is 2. The number of rotatable bonds is 2. The van der Waals surface area contributed by atoms with Crippen LogP contribution in [0.1, 0.15) is 24.0 Å². The van der Waals surface area contributed by atoms with Gasteiger partial charge in [0.25, 0.3) is 0 Å². The van der Waals surface area contributed by atoms with E-state index >= 15 is 0 Å². The molecule has 0 amide bonds. The average Bonchev–Trinajstić information content (AvgIpc) is 2.90. The van der Waals surface area contributed by atoms with Gasteiger partial charge in [-0.05, 0) is 24.5 Å². The molecule has 2 heterocycles. The lowest BCUT2D eigenvalue weighted by Crippen LogP contribution is -2.78. The number of ketones is 1. The minimum absolute atomic E-state index is 0.112. The van der Waals surface area contributed by atoms with Gasteiger partial charge in [-0.1, -0.05) is 12.1 Å². The van der Waals surface area contributed by atoms with E-state index in [1.807, 2.05) is 12.1 Å². The van der Waals surface area contributed by atoms with E-state index in [-0.39, 0.29) is 17.2 Å². The fraction of sp³-hybridized carbons (Fsp3) is 0.611. The van der Waals surface area contributed by atoms with Crippen molar-refractivity contribution in [2.45, 2.75) is 42.9 Å². The molecule has 2 aliphatic carbocycles. The van der Waals surface area contributed by atoms with E-state index in [0.717, 1.165) is 24.2 Å². The van der Waals surface area contributed by atoms with Crippen molar-refractivity contribution in [3.63, 3.8) is 0 Å². The summed E-state index contributed by atoms with van der Waals surface area (Å²) in [4.78, 5) is 12.7. The van der Waals surface area contributed by atoms with Crippen molar-refractivity contribution in [3.8, 4) is 5.75 Å². The lowest BCUT2D eigenvalue weighted by molar-refractivity contribution is -0.173. The number of piperidine rings is 1. The molecule has 2 bridgehead atoms. The third kappa shape index (κ3) is 1.35. The van der Waals surface area contributed by atoms with Gasteiger partial charge in [-0.3, -0.25) is 4.79 Å². The van der Waals surface area contributed by atoms with Crippen molar-refractivity contribution in [2.75, 3.05) is 20.3 Å². The maximum Gasteiger partial charge on any atom is 0.174 e. The Balaban J connectivity index is 1.87. The number of carbonyl (C=O) groups excluding carboxylic acids is 1. The first kappa shape index (κ1) is 14.0. The van der Waals surface area contributed by atoms with Crippen LogP contribution in [0.15, 0.2) is 18.2 Å². The molecule has 2 N–H and O–H groups in total. The van der Waals surface area contributed by atoms with E-state index in [0.29, 0.717) is 19.6 Å². The van der Waals surface area contributed by atoms with Gasteiger partial charge in [0.05, 0.1) is 18.1 Å². The third-order valence-corrected chi connectivity index (χ3v) is 6.69. The molecule has 1 saturated heterocycles. The van der Waals surface area contributed by atoms with Gasteiger partial charge in [0.15, 0.2) is 11.9 Å². The summed E-state index contributed by atoms with van der Waals surface area (Å²) in [5.41, 5.74) is 1.30. The molecule has 2 aliphatic heterocycles. The van der Waals surface area contributed by atoms with E-state index in [2.05, 4.69) is 11.4 Å². The van der Waals surface area contributed by atoms with Gasteiger partial charge in [-0.2, -0.15) is 0 Å². The zero-order chi connectivity index (χ0) is 15.8. The SMILES string of the molecule is COC[C@@]12CCC(=O)[C@@H]3Oc4cccc5c4[C@@]31C(O)CN[C@@H]2C5. The first-order valence-corrected chi connectivity index (χ1v) is 8.37. The second-order valence-electron chi connectivity index (χ2n) is 7.39. The van der Waals surface area contributed by atoms with Crippen LogP contribution < -0.4 is 10.1 Å². The van der Waals surface area contributed by atoms with Crippen LogP contribution in [0.5, 0.6) is 5.75 Å². The number of β-amino-alcohol motifs (C(OH)–C–C–N with tert-alkyl or cyclic N) is 1. The smallest absolute Gasteiger partial charge is 0.174 e. The lowest BCUT2D eigenvalue weighted by Gasteiger charge is -2.63. The fourth-order valence-corrected chi connectivity index (χ4v) is 5.96. The van der Waals surface area contributed by atoms with Gasteiger partial charge in [0.1, 0.15) is 5.75 Å². The fourth-order valence-electron chi connectivity index (χ4n) is 5.96. The van der Waals surface area contributed by atoms with Gasteiger partial charge in [-0.15, -0.1) is 0 Å². The molecule has 1 aromatic carbocycles. The molecule has 5 rings (SSSR count). The van der Waals surface area contributed by atoms with Crippen molar-refractivity contribution in [1.82, 2.24) is 5.32 Å². The summed E-state index contributed by atoms with van der Waals surface area (Å²) in [5, 5.41) is 14.6. The summed E-state index contributed by atoms with van der Waals surface area (Å²) in [7, 11) is 1.70. The van der Waals surface area contributed by atoms with E-state index < -0.39 is 17.6 Å². The summed E-state index contributed by atoms with van der Waals surface area (Å²) in [5.74, 6) is 0.892. The van der Waals surface area contributed by atoms with Crippen LogP contribution in [-0.2, 0) is 21.4 Å². The van der Waals surface area contributed by atoms with Gasteiger partial charge in [-0.25, -0.2) is 0 Å². The highest BCUT2D eigenvalue weighted by Crippen LogP contribution is 2.65. The number of aliphatic hydroxyl groups excluding tert-OH is 1. The molecule has 2 fully saturated rings. The molecule has 0 radical (unpaired) electrons. The van der Waals surface area contributed by atoms with Crippen LogP contribution >= 0.6 is 0 Å². The van der Waals surface area contributed by atoms with Crippen LogP contribution in [0, 0.1) is 5.41 Å². The molecule has 5 nitrogen and oxygen atoms in total. The van der Waals surface area contributed by atoms with Crippen LogP contribution in [-0.4, -0.2) is 49.4 Å². The van der Waals surface area contributed by atoms with Crippen molar-refractivity contribution in [3.05, 3.63) is 29.3 Å². The highest BCUT2D eigenvalue weighted by Gasteiger charge is 2.74. The van der Waals surface area contributed by atoms with E-state index in [1.54, 1.807) is 7.11 Å². The maximum atomic E-state index is 12.7. The summed E-state index contributed by atoms with van der Waals surface area (Å²) >= 11 is 0. The molecule has 5 atom stereocenters. The largest absolute Gasteiger partial charge is 0.481 e. The predicted octanol–water partition coefficient (Wildman–Crippen LogP) is 0.570. The molecule has 1 aromatic rings. The van der Waals surface area contributed by atoms with Crippen LogP contribution in [0.3, 0.4) is 0 Å². The quantitative estimate of drug-likeness (QED) is 0.835. The number of benzene rings is 1. The van der Waals surface area contributed by atoms with Crippen LogP contribution in [0.2, 0.25) is 0 Å². The highest BCUT2D eigenvalue weighted by molar-refractivity contribution is 5.89. The Morgan fingerprint density at radius 3 is 3.17 bits per heavy atom. The zero-order valence-corrected chi connectivity index (χ0v) is 13.2. The number of hydrogen-bond acceptors (Lipinski definition) is 5. The Bertz CT molecular complexity index is 704. The second kappa shape index (κ2) is 4.35. The van der Waals surface area contributed by atoms with Gasteiger partial charge in [0, 0.05) is 37.1 Å². The Morgan fingerprint density at radius 1 is 1.48 bits per heavy atom. The molecular formula is C18H21NO4. The molecule has 1 unspecified atom stereocenters. The number of carbonyl (C=O) groups is 1. The monoisotopic (exact) mass is 315 g/mol. The van der Waals surface area contributed by atoms with E-state index in [9.17, 15) is 9.90 Å². The number of methoxy groups -OCH3 is 1. The third-order valence-electron chi connectivity index (χ3n) is 6.69. The van der Waals surface area contributed by atoms with E-state index in [4.69, 9.17) is 9.47 Å². The van der Waals surface area contributed by atoms with Gasteiger partial charge >= 0.3 is 0 Å². The molecule has 1 saturated carbocycles. The molecule has 1 spiro atoms. The topological polar surface area (TPSA) is 67.8 Å². The first-order chi connectivity index (χ1) is 11.1. The Hall–Kier alpha value is -1.43. The minimum Gasteiger partial charge on any atom is -0.481 e. The Kier molecular flexibility index (Phi) is 2.64. The minimum atomic E-state index is -0.668. The van der Waals surface area contributed by atoms with Gasteiger partial charge in [0.2, 0.25) is 0 Å².